The third-order valence-electron chi connectivity index (χ3n) is 2.48. The van der Waals surface area contributed by atoms with Crippen molar-refractivity contribution in [2.24, 2.45) is 0 Å². The fourth-order valence-corrected chi connectivity index (χ4v) is 1.57. The maximum Gasteiger partial charge on any atom is 0.319 e. The van der Waals surface area contributed by atoms with Crippen LogP contribution in [0.25, 0.3) is 0 Å². The van der Waals surface area contributed by atoms with E-state index < -0.39 is 29.5 Å². The van der Waals surface area contributed by atoms with Crippen molar-refractivity contribution >= 4 is 23.3 Å². The largest absolute Gasteiger partial charge is 0.393 e. The average molecular weight is 293 g/mol. The third kappa shape index (κ3) is 5.00. The molecule has 0 saturated carbocycles. The van der Waals surface area contributed by atoms with Gasteiger partial charge in [0, 0.05) is 11.6 Å². The number of urea groups is 1. The summed E-state index contributed by atoms with van der Waals surface area (Å²) in [6.07, 6.45) is 0.434. The van der Waals surface area contributed by atoms with Crippen molar-refractivity contribution in [1.82, 2.24) is 5.32 Å². The number of carbonyl (C=O) groups excluding carboxylic acids is 1. The number of nitrogens with one attached hydrogen (secondary N) is 2. The van der Waals surface area contributed by atoms with Gasteiger partial charge in [0.05, 0.1) is 6.10 Å². The van der Waals surface area contributed by atoms with E-state index in [0.29, 0.717) is 12.8 Å². The molecule has 0 bridgehead atoms. The Morgan fingerprint density at radius 2 is 2.00 bits per heavy atom. The van der Waals surface area contributed by atoms with Crippen LogP contribution in [0.5, 0.6) is 0 Å². The second-order valence-electron chi connectivity index (χ2n) is 3.98. The highest BCUT2D eigenvalue weighted by molar-refractivity contribution is 6.30. The highest BCUT2D eigenvalue weighted by Crippen LogP contribution is 2.23. The van der Waals surface area contributed by atoms with Gasteiger partial charge in [-0.05, 0) is 25.0 Å². The van der Waals surface area contributed by atoms with E-state index in [4.69, 9.17) is 11.6 Å². The zero-order valence-corrected chi connectivity index (χ0v) is 11.1. The summed E-state index contributed by atoms with van der Waals surface area (Å²) in [4.78, 5) is 11.4. The second kappa shape index (κ2) is 7.25. The molecule has 0 spiro atoms. The van der Waals surface area contributed by atoms with Crippen LogP contribution < -0.4 is 10.6 Å². The smallest absolute Gasteiger partial charge is 0.319 e. The lowest BCUT2D eigenvalue weighted by molar-refractivity contribution is 0.160. The van der Waals surface area contributed by atoms with Crippen LogP contribution in [0.4, 0.5) is 19.3 Å². The van der Waals surface area contributed by atoms with Crippen LogP contribution in [-0.4, -0.2) is 23.8 Å². The van der Waals surface area contributed by atoms with E-state index in [1.807, 2.05) is 6.92 Å². The first kappa shape index (κ1) is 15.7. The molecule has 1 rings (SSSR count). The number of hydrogen-bond acceptors (Lipinski definition) is 2. The predicted molar refractivity (Wildman–Crippen MR) is 69.3 cm³/mol. The number of amides is 2. The number of rotatable bonds is 5. The maximum atomic E-state index is 13.4. The van der Waals surface area contributed by atoms with Gasteiger partial charge >= 0.3 is 6.03 Å². The van der Waals surface area contributed by atoms with Crippen molar-refractivity contribution in [2.75, 3.05) is 11.9 Å². The fourth-order valence-electron chi connectivity index (χ4n) is 1.38. The molecule has 7 heteroatoms. The normalized spacial score (nSPS) is 12.1. The molecule has 0 aliphatic rings. The molecule has 106 valence electrons. The Bertz CT molecular complexity index is 434. The molecule has 3 N–H and O–H groups in total. The van der Waals surface area contributed by atoms with E-state index in [0.717, 1.165) is 12.1 Å². The van der Waals surface area contributed by atoms with Crippen LogP contribution in [-0.2, 0) is 0 Å². The van der Waals surface area contributed by atoms with Crippen LogP contribution >= 0.6 is 11.6 Å². The van der Waals surface area contributed by atoms with Gasteiger partial charge in [0.15, 0.2) is 11.6 Å². The molecule has 0 aromatic heterocycles. The van der Waals surface area contributed by atoms with Crippen LogP contribution in [0, 0.1) is 11.6 Å². The zero-order chi connectivity index (χ0) is 14.4. The molecular formula is C12H15ClF2N2O2. The van der Waals surface area contributed by atoms with Crippen molar-refractivity contribution in [3.63, 3.8) is 0 Å². The Labute approximate surface area is 114 Å². The minimum atomic E-state index is -0.950. The van der Waals surface area contributed by atoms with Crippen molar-refractivity contribution in [3.05, 3.63) is 28.8 Å². The number of carbonyl (C=O) groups is 1. The molecule has 0 aliphatic heterocycles. The number of aliphatic hydroxyl groups is 1. The standard InChI is InChI=1S/C12H15ClF2N2O2/c1-2-8(18)3-4-16-12(19)17-11-9(14)5-7(13)6-10(11)15/h5-6,8,18H,2-4H2,1H3,(H2,16,17,19). The predicted octanol–water partition coefficient (Wildman–Crippen LogP) is 2.90. The van der Waals surface area contributed by atoms with Gasteiger partial charge in [-0.25, -0.2) is 13.6 Å². The lowest BCUT2D eigenvalue weighted by atomic mass is 10.2. The van der Waals surface area contributed by atoms with Gasteiger partial charge in [0.2, 0.25) is 0 Å². The molecular weight excluding hydrogens is 278 g/mol. The number of aliphatic hydroxyl groups excluding tert-OH is 1. The van der Waals surface area contributed by atoms with Crippen molar-refractivity contribution in [2.45, 2.75) is 25.9 Å². The first-order valence-electron chi connectivity index (χ1n) is 5.81. The first-order valence-corrected chi connectivity index (χ1v) is 6.19. The van der Waals surface area contributed by atoms with E-state index in [2.05, 4.69) is 10.6 Å². The molecule has 1 atom stereocenters. The Morgan fingerprint density at radius 1 is 1.42 bits per heavy atom. The Kier molecular flexibility index (Phi) is 5.98. The maximum absolute atomic E-state index is 13.4. The highest BCUT2D eigenvalue weighted by atomic mass is 35.5. The van der Waals surface area contributed by atoms with Crippen LogP contribution in [0.2, 0.25) is 5.02 Å². The van der Waals surface area contributed by atoms with E-state index in [1.165, 1.54) is 0 Å². The molecule has 4 nitrogen and oxygen atoms in total. The van der Waals surface area contributed by atoms with Gasteiger partial charge in [0.25, 0.3) is 0 Å². The van der Waals surface area contributed by atoms with E-state index in [1.54, 1.807) is 0 Å². The SMILES string of the molecule is CCC(O)CCNC(=O)Nc1c(F)cc(Cl)cc1F. The molecule has 19 heavy (non-hydrogen) atoms. The van der Waals surface area contributed by atoms with Crippen LogP contribution in [0.1, 0.15) is 19.8 Å². The summed E-state index contributed by atoms with van der Waals surface area (Å²) >= 11 is 5.46. The van der Waals surface area contributed by atoms with Gasteiger partial charge in [0.1, 0.15) is 5.69 Å². The number of halogens is 3. The van der Waals surface area contributed by atoms with Crippen LogP contribution in [0.3, 0.4) is 0 Å². The van der Waals surface area contributed by atoms with Crippen LogP contribution in [0.15, 0.2) is 12.1 Å². The van der Waals surface area contributed by atoms with Crippen molar-refractivity contribution < 1.29 is 18.7 Å². The first-order chi connectivity index (χ1) is 8.93. The van der Waals surface area contributed by atoms with E-state index in [-0.39, 0.29) is 11.6 Å². The molecule has 1 aromatic carbocycles. The van der Waals surface area contributed by atoms with Gasteiger partial charge in [-0.2, -0.15) is 0 Å². The summed E-state index contributed by atoms with van der Waals surface area (Å²) in [5, 5.41) is 13.6. The molecule has 0 fully saturated rings. The summed E-state index contributed by atoms with van der Waals surface area (Å²) in [7, 11) is 0. The minimum absolute atomic E-state index is 0.0907. The number of benzene rings is 1. The molecule has 1 aromatic rings. The van der Waals surface area contributed by atoms with Crippen molar-refractivity contribution in [3.8, 4) is 0 Å². The lowest BCUT2D eigenvalue weighted by Crippen LogP contribution is -2.31. The summed E-state index contributed by atoms with van der Waals surface area (Å²) in [5.41, 5.74) is -0.557. The molecule has 0 radical (unpaired) electrons. The Hall–Kier alpha value is -1.40. The lowest BCUT2D eigenvalue weighted by Gasteiger charge is -2.11. The fraction of sp³-hybridized carbons (Fsp3) is 0.417. The molecule has 0 heterocycles. The molecule has 0 saturated heterocycles. The Morgan fingerprint density at radius 3 is 2.53 bits per heavy atom. The second-order valence-corrected chi connectivity index (χ2v) is 4.41. The molecule has 0 aliphatic carbocycles. The van der Waals surface area contributed by atoms with E-state index >= 15 is 0 Å². The quantitative estimate of drug-likeness (QED) is 0.781. The topological polar surface area (TPSA) is 61.4 Å². The number of hydrogen-bond donors (Lipinski definition) is 3. The zero-order valence-electron chi connectivity index (χ0n) is 10.3. The van der Waals surface area contributed by atoms with Crippen molar-refractivity contribution in [1.29, 1.82) is 0 Å². The molecule has 1 unspecified atom stereocenters. The summed E-state index contributed by atoms with van der Waals surface area (Å²) < 4.78 is 26.7. The third-order valence-corrected chi connectivity index (χ3v) is 2.70. The monoisotopic (exact) mass is 292 g/mol. The minimum Gasteiger partial charge on any atom is -0.393 e. The summed E-state index contributed by atoms with van der Waals surface area (Å²) in [6, 6.07) is 1.06. The van der Waals surface area contributed by atoms with Gasteiger partial charge in [-0.15, -0.1) is 0 Å². The molecule has 2 amide bonds. The average Bonchev–Trinajstić information content (AvgIpc) is 2.33. The Balaban J connectivity index is 2.53. The summed E-state index contributed by atoms with van der Waals surface area (Å²) in [5.74, 6) is -1.90. The van der Waals surface area contributed by atoms with E-state index in [9.17, 15) is 18.7 Å². The van der Waals surface area contributed by atoms with Gasteiger partial charge in [-0.3, -0.25) is 0 Å². The number of anilines is 1. The highest BCUT2D eigenvalue weighted by Gasteiger charge is 2.13. The summed E-state index contributed by atoms with van der Waals surface area (Å²) in [6.45, 7) is 2.01. The van der Waals surface area contributed by atoms with Gasteiger partial charge in [-0.1, -0.05) is 18.5 Å². The van der Waals surface area contributed by atoms with Gasteiger partial charge < -0.3 is 15.7 Å².